The molecule has 0 fully saturated rings. The highest BCUT2D eigenvalue weighted by Gasteiger charge is 2.04. The summed E-state index contributed by atoms with van der Waals surface area (Å²) in [5.74, 6) is -0.296. The molecule has 3 aromatic rings. The van der Waals surface area contributed by atoms with E-state index in [4.69, 9.17) is 0 Å². The van der Waals surface area contributed by atoms with Gasteiger partial charge in [0.1, 0.15) is 5.82 Å². The van der Waals surface area contributed by atoms with Gasteiger partial charge in [0, 0.05) is 11.6 Å². The Labute approximate surface area is 83.8 Å². The molecule has 0 aliphatic carbocycles. The van der Waals surface area contributed by atoms with E-state index in [9.17, 15) is 9.18 Å². The molecule has 0 amide bonds. The molecule has 0 aliphatic rings. The van der Waals surface area contributed by atoms with Gasteiger partial charge in [0.05, 0.1) is 11.0 Å². The van der Waals surface area contributed by atoms with Gasteiger partial charge in [0.2, 0.25) is 0 Å². The summed E-state index contributed by atoms with van der Waals surface area (Å²) in [5, 5.41) is 0.728. The molecule has 0 atom stereocenters. The van der Waals surface area contributed by atoms with Gasteiger partial charge in [-0.15, -0.1) is 0 Å². The number of hydrogen-bond acceptors (Lipinski definition) is 1. The van der Waals surface area contributed by atoms with E-state index in [0.29, 0.717) is 5.52 Å². The summed E-state index contributed by atoms with van der Waals surface area (Å²) < 4.78 is 14.5. The number of aromatic nitrogens is 2. The van der Waals surface area contributed by atoms with Crippen LogP contribution in [0.3, 0.4) is 0 Å². The second kappa shape index (κ2) is 2.70. The molecule has 74 valence electrons. The zero-order chi connectivity index (χ0) is 10.4. The first-order valence-corrected chi connectivity index (χ1v) is 4.54. The molecular weight excluding hydrogens is 195 g/mol. The largest absolute Gasteiger partial charge is 0.330 e. The van der Waals surface area contributed by atoms with Gasteiger partial charge >= 0.3 is 5.69 Å². The summed E-state index contributed by atoms with van der Waals surface area (Å²) in [7, 11) is 0. The van der Waals surface area contributed by atoms with Crippen molar-refractivity contribution in [1.29, 1.82) is 0 Å². The summed E-state index contributed by atoms with van der Waals surface area (Å²) in [6, 6.07) is 7.93. The van der Waals surface area contributed by atoms with E-state index in [-0.39, 0.29) is 11.5 Å². The Bertz CT molecular complexity index is 711. The van der Waals surface area contributed by atoms with E-state index >= 15 is 0 Å². The van der Waals surface area contributed by atoms with Gasteiger partial charge in [0.15, 0.2) is 0 Å². The van der Waals surface area contributed by atoms with Crippen LogP contribution in [-0.2, 0) is 0 Å². The van der Waals surface area contributed by atoms with Gasteiger partial charge in [0.25, 0.3) is 0 Å². The van der Waals surface area contributed by atoms with E-state index < -0.39 is 0 Å². The summed E-state index contributed by atoms with van der Waals surface area (Å²) in [6.07, 6.45) is 1.58. The maximum Gasteiger partial charge on any atom is 0.330 e. The van der Waals surface area contributed by atoms with E-state index in [0.717, 1.165) is 10.9 Å². The third-order valence-corrected chi connectivity index (χ3v) is 2.46. The number of H-pyrrole nitrogens is 1. The number of aromatic amines is 1. The minimum atomic E-state index is -0.296. The zero-order valence-electron chi connectivity index (χ0n) is 7.70. The van der Waals surface area contributed by atoms with Crippen LogP contribution in [0.25, 0.3) is 16.4 Å². The van der Waals surface area contributed by atoms with Crippen LogP contribution in [0.5, 0.6) is 0 Å². The molecule has 2 aromatic heterocycles. The fourth-order valence-corrected chi connectivity index (χ4v) is 1.82. The fourth-order valence-electron chi connectivity index (χ4n) is 1.82. The van der Waals surface area contributed by atoms with Crippen LogP contribution < -0.4 is 5.69 Å². The monoisotopic (exact) mass is 202 g/mol. The molecule has 4 heteroatoms. The Morgan fingerprint density at radius 1 is 1.20 bits per heavy atom. The SMILES string of the molecule is O=c1[nH]ccc2cc3cc(F)ccc3n12. The number of fused-ring (bicyclic) bond motifs is 3. The first-order valence-electron chi connectivity index (χ1n) is 4.54. The van der Waals surface area contributed by atoms with Crippen molar-refractivity contribution in [2.24, 2.45) is 0 Å². The molecule has 3 nitrogen and oxygen atoms in total. The molecule has 0 radical (unpaired) electrons. The first kappa shape index (κ1) is 8.23. The number of halogens is 1. The van der Waals surface area contributed by atoms with Crippen molar-refractivity contribution in [1.82, 2.24) is 9.38 Å². The lowest BCUT2D eigenvalue weighted by atomic mass is 10.2. The van der Waals surface area contributed by atoms with Crippen LogP contribution in [0.15, 0.2) is 41.3 Å². The summed E-state index contributed by atoms with van der Waals surface area (Å²) in [4.78, 5) is 14.1. The fraction of sp³-hybridized carbons (Fsp3) is 0. The van der Waals surface area contributed by atoms with Crippen molar-refractivity contribution >= 4 is 16.4 Å². The van der Waals surface area contributed by atoms with Crippen molar-refractivity contribution in [2.75, 3.05) is 0 Å². The molecule has 0 saturated carbocycles. The van der Waals surface area contributed by atoms with Gasteiger partial charge in [-0.1, -0.05) is 0 Å². The normalized spacial score (nSPS) is 11.3. The lowest BCUT2D eigenvalue weighted by molar-refractivity contribution is 0.629. The van der Waals surface area contributed by atoms with Gasteiger partial charge in [-0.2, -0.15) is 0 Å². The maximum absolute atomic E-state index is 13.0. The minimum absolute atomic E-state index is 0.214. The minimum Gasteiger partial charge on any atom is -0.314 e. The predicted molar refractivity (Wildman–Crippen MR) is 55.5 cm³/mol. The maximum atomic E-state index is 13.0. The van der Waals surface area contributed by atoms with Gasteiger partial charge in [-0.3, -0.25) is 4.40 Å². The topological polar surface area (TPSA) is 37.3 Å². The highest BCUT2D eigenvalue weighted by Crippen LogP contribution is 2.18. The van der Waals surface area contributed by atoms with E-state index in [2.05, 4.69) is 4.98 Å². The van der Waals surface area contributed by atoms with Crippen molar-refractivity contribution < 1.29 is 4.39 Å². The molecule has 0 saturated heterocycles. The highest BCUT2D eigenvalue weighted by atomic mass is 19.1. The van der Waals surface area contributed by atoms with Crippen molar-refractivity contribution in [3.63, 3.8) is 0 Å². The summed E-state index contributed by atoms with van der Waals surface area (Å²) >= 11 is 0. The van der Waals surface area contributed by atoms with E-state index in [1.807, 2.05) is 0 Å². The Morgan fingerprint density at radius 2 is 2.07 bits per heavy atom. The number of nitrogens with one attached hydrogen (secondary N) is 1. The molecule has 2 heterocycles. The Kier molecular flexibility index (Phi) is 1.48. The summed E-state index contributed by atoms with van der Waals surface area (Å²) in [5.41, 5.74) is 1.27. The van der Waals surface area contributed by atoms with E-state index in [1.54, 1.807) is 24.4 Å². The van der Waals surface area contributed by atoms with Crippen LogP contribution in [0, 0.1) is 5.82 Å². The van der Waals surface area contributed by atoms with Gasteiger partial charge in [-0.05, 0) is 30.3 Å². The molecule has 0 unspecified atom stereocenters. The molecule has 15 heavy (non-hydrogen) atoms. The number of rotatable bonds is 0. The second-order valence-electron chi connectivity index (χ2n) is 3.39. The van der Waals surface area contributed by atoms with Gasteiger partial charge < -0.3 is 4.98 Å². The Balaban J connectivity index is 2.65. The van der Waals surface area contributed by atoms with Crippen molar-refractivity contribution in [2.45, 2.75) is 0 Å². The van der Waals surface area contributed by atoms with Crippen molar-refractivity contribution in [3.8, 4) is 0 Å². The first-order chi connectivity index (χ1) is 7.25. The van der Waals surface area contributed by atoms with Crippen LogP contribution in [-0.4, -0.2) is 9.38 Å². The molecular formula is C11H7FN2O. The van der Waals surface area contributed by atoms with E-state index in [1.165, 1.54) is 16.5 Å². The molecule has 0 aliphatic heterocycles. The van der Waals surface area contributed by atoms with Crippen LogP contribution in [0.1, 0.15) is 0 Å². The molecule has 0 bridgehead atoms. The lowest BCUT2D eigenvalue weighted by Crippen LogP contribution is -2.14. The molecule has 3 rings (SSSR count). The lowest BCUT2D eigenvalue weighted by Gasteiger charge is -1.94. The number of benzene rings is 1. The second-order valence-corrected chi connectivity index (χ2v) is 3.39. The number of hydrogen-bond donors (Lipinski definition) is 1. The van der Waals surface area contributed by atoms with Crippen LogP contribution in [0.4, 0.5) is 4.39 Å². The molecule has 1 aromatic carbocycles. The highest BCUT2D eigenvalue weighted by molar-refractivity contribution is 5.86. The average Bonchev–Trinajstić information content (AvgIpc) is 2.56. The third-order valence-electron chi connectivity index (χ3n) is 2.46. The van der Waals surface area contributed by atoms with Crippen LogP contribution >= 0.6 is 0 Å². The third kappa shape index (κ3) is 1.08. The zero-order valence-corrected chi connectivity index (χ0v) is 7.70. The molecule has 1 N–H and O–H groups in total. The smallest absolute Gasteiger partial charge is 0.314 e. The van der Waals surface area contributed by atoms with Crippen molar-refractivity contribution in [3.05, 3.63) is 52.8 Å². The van der Waals surface area contributed by atoms with Gasteiger partial charge in [-0.25, -0.2) is 9.18 Å². The molecule has 0 spiro atoms. The standard InChI is InChI=1S/C11H7FN2O/c12-8-1-2-10-7(5-8)6-9-3-4-13-11(15)14(9)10/h1-6H,(H,13,15). The Hall–Kier alpha value is -2.10. The quantitative estimate of drug-likeness (QED) is 0.594. The van der Waals surface area contributed by atoms with Crippen LogP contribution in [0.2, 0.25) is 0 Å². The Morgan fingerprint density at radius 3 is 2.93 bits per heavy atom. The average molecular weight is 202 g/mol. The number of nitrogens with zero attached hydrogens (tertiary/aromatic N) is 1. The predicted octanol–water partition coefficient (Wildman–Crippen LogP) is 1.92. The summed E-state index contributed by atoms with van der Waals surface area (Å²) in [6.45, 7) is 0.